The lowest BCUT2D eigenvalue weighted by atomic mass is 9.47. The van der Waals surface area contributed by atoms with E-state index in [1.807, 2.05) is 6.07 Å². The molecule has 5 heteroatoms. The highest BCUT2D eigenvalue weighted by Crippen LogP contribution is 2.66. The van der Waals surface area contributed by atoms with Crippen molar-refractivity contribution in [2.45, 2.75) is 117 Å². The van der Waals surface area contributed by atoms with E-state index in [-0.39, 0.29) is 17.6 Å². The van der Waals surface area contributed by atoms with Crippen LogP contribution in [0.1, 0.15) is 97.6 Å². The minimum Gasteiger partial charge on any atom is -0.393 e. The number of nitrogens with one attached hydrogen (secondary N) is 1. The molecule has 5 rings (SSSR count). The van der Waals surface area contributed by atoms with Gasteiger partial charge in [0.2, 0.25) is 0 Å². The van der Waals surface area contributed by atoms with Gasteiger partial charge in [-0.25, -0.2) is 0 Å². The van der Waals surface area contributed by atoms with Crippen LogP contribution in [0, 0.1) is 40.4 Å². The molecule has 1 heterocycles. The van der Waals surface area contributed by atoms with Gasteiger partial charge in [0, 0.05) is 6.20 Å². The van der Waals surface area contributed by atoms with Crippen LogP contribution in [0.15, 0.2) is 23.9 Å². The maximum atomic E-state index is 11.4. The number of H-pyrrole nitrogens is 1. The van der Waals surface area contributed by atoms with Gasteiger partial charge in [-0.1, -0.05) is 40.2 Å². The third kappa shape index (κ3) is 4.55. The number of ether oxygens (including phenoxy) is 1. The molecule has 3 fully saturated rings. The molecule has 0 radical (unpaired) electrons. The smallest absolute Gasteiger partial charge is 0.102 e. The molecule has 4 aliphatic carbocycles. The molecule has 5 nitrogen and oxygen atoms in total. The van der Waals surface area contributed by atoms with Crippen molar-refractivity contribution < 1.29 is 14.9 Å². The van der Waals surface area contributed by atoms with E-state index in [1.165, 1.54) is 37.7 Å². The van der Waals surface area contributed by atoms with Crippen LogP contribution in [0.3, 0.4) is 0 Å². The largest absolute Gasteiger partial charge is 0.393 e. The van der Waals surface area contributed by atoms with Crippen molar-refractivity contribution >= 4 is 0 Å². The first-order chi connectivity index (χ1) is 16.7. The van der Waals surface area contributed by atoms with Crippen molar-refractivity contribution in [1.82, 2.24) is 10.2 Å². The van der Waals surface area contributed by atoms with E-state index in [0.29, 0.717) is 23.9 Å². The molecule has 0 aromatic carbocycles. The molecule has 0 aliphatic heterocycles. The molecular formula is C30H48N2O3. The van der Waals surface area contributed by atoms with Gasteiger partial charge in [-0.2, -0.15) is 5.10 Å². The van der Waals surface area contributed by atoms with Gasteiger partial charge in [0.25, 0.3) is 0 Å². The number of aliphatic hydroxyl groups is 2. The number of allylic oxidation sites excluding steroid dienone is 1. The predicted octanol–water partition coefficient (Wildman–Crippen LogP) is 6.03. The number of nitrogens with zero attached hydrogens (tertiary/aromatic N) is 1. The summed E-state index contributed by atoms with van der Waals surface area (Å²) in [5.41, 5.74) is 2.79. The van der Waals surface area contributed by atoms with E-state index in [4.69, 9.17) is 4.74 Å². The zero-order chi connectivity index (χ0) is 24.8. The molecule has 9 atom stereocenters. The Morgan fingerprint density at radius 3 is 2.71 bits per heavy atom. The summed E-state index contributed by atoms with van der Waals surface area (Å²) in [5, 5.41) is 28.6. The molecule has 0 spiro atoms. The summed E-state index contributed by atoms with van der Waals surface area (Å²) in [6.45, 7) is 9.78. The maximum Gasteiger partial charge on any atom is 0.102 e. The Hall–Kier alpha value is -1.17. The maximum absolute atomic E-state index is 11.4. The van der Waals surface area contributed by atoms with Gasteiger partial charge in [0.1, 0.15) is 6.10 Å². The van der Waals surface area contributed by atoms with E-state index >= 15 is 0 Å². The monoisotopic (exact) mass is 484 g/mol. The number of hydrogen-bond acceptors (Lipinski definition) is 4. The van der Waals surface area contributed by atoms with Gasteiger partial charge in [0.05, 0.1) is 24.5 Å². The second-order valence-corrected chi connectivity index (χ2v) is 13.2. The van der Waals surface area contributed by atoms with Crippen LogP contribution in [0.25, 0.3) is 0 Å². The van der Waals surface area contributed by atoms with Crippen LogP contribution in [0.4, 0.5) is 0 Å². The standard InChI is InChI=1S/C30H48N2O3/c1-19(2)26(33)7-5-6-20-8-10-23-22-9-11-25-28(34)27(35-18-21-14-17-31-32-21)13-16-30(25,4)24(22)12-15-29(20,23)3/h11,14,17,19-20,22-24,26-28,33-34H,5-10,12-13,15-16,18H2,1-4H3,(H,31,32). The Kier molecular flexibility index (Phi) is 7.24. The lowest BCUT2D eigenvalue weighted by Gasteiger charge is -2.59. The number of aliphatic hydroxyl groups excluding tert-OH is 2. The first-order valence-corrected chi connectivity index (χ1v) is 14.4. The lowest BCUT2D eigenvalue weighted by molar-refractivity contribution is -0.0990. The summed E-state index contributed by atoms with van der Waals surface area (Å²) in [6.07, 6.45) is 15.3. The summed E-state index contributed by atoms with van der Waals surface area (Å²) < 4.78 is 6.16. The van der Waals surface area contributed by atoms with Crippen molar-refractivity contribution in [1.29, 1.82) is 0 Å². The van der Waals surface area contributed by atoms with Crippen molar-refractivity contribution in [3.05, 3.63) is 29.6 Å². The Bertz CT molecular complexity index is 882. The quantitative estimate of drug-likeness (QED) is 0.394. The van der Waals surface area contributed by atoms with E-state index in [2.05, 4.69) is 44.0 Å². The molecule has 4 aliphatic rings. The molecule has 3 saturated carbocycles. The molecule has 1 aromatic heterocycles. The predicted molar refractivity (Wildman–Crippen MR) is 138 cm³/mol. The summed E-state index contributed by atoms with van der Waals surface area (Å²) in [4.78, 5) is 0. The number of fused-ring (bicyclic) bond motifs is 5. The molecule has 0 amide bonds. The van der Waals surface area contributed by atoms with Crippen LogP contribution in [0.5, 0.6) is 0 Å². The molecule has 0 saturated heterocycles. The fourth-order valence-corrected chi connectivity index (χ4v) is 8.93. The second kappa shape index (κ2) is 9.95. The SMILES string of the molecule is CC(C)C(O)CCCC1CCC2C3CC=C4C(O)C(OCc5ccn[nH]5)CCC4(C)C3CCC12C. The van der Waals surface area contributed by atoms with Crippen LogP contribution in [-0.2, 0) is 11.3 Å². The van der Waals surface area contributed by atoms with Gasteiger partial charge in [-0.3, -0.25) is 5.10 Å². The Morgan fingerprint density at radius 2 is 1.97 bits per heavy atom. The fraction of sp³-hybridized carbons (Fsp3) is 0.833. The van der Waals surface area contributed by atoms with Crippen LogP contribution in [0.2, 0.25) is 0 Å². The minimum absolute atomic E-state index is 0.108. The number of hydrogen-bond donors (Lipinski definition) is 3. The summed E-state index contributed by atoms with van der Waals surface area (Å²) in [6, 6.07) is 1.93. The zero-order valence-electron chi connectivity index (χ0n) is 22.4. The minimum atomic E-state index is -0.491. The molecule has 0 bridgehead atoms. The normalized spacial score (nSPS) is 41.7. The fourth-order valence-electron chi connectivity index (χ4n) is 8.93. The number of aromatic nitrogens is 2. The highest BCUT2D eigenvalue weighted by molar-refractivity contribution is 5.29. The van der Waals surface area contributed by atoms with Gasteiger partial charge in [0.15, 0.2) is 0 Å². The zero-order valence-corrected chi connectivity index (χ0v) is 22.4. The molecule has 196 valence electrons. The van der Waals surface area contributed by atoms with Crippen molar-refractivity contribution in [3.8, 4) is 0 Å². The number of aromatic amines is 1. The van der Waals surface area contributed by atoms with E-state index < -0.39 is 6.10 Å². The van der Waals surface area contributed by atoms with Gasteiger partial charge < -0.3 is 14.9 Å². The highest BCUT2D eigenvalue weighted by Gasteiger charge is 2.59. The van der Waals surface area contributed by atoms with E-state index in [9.17, 15) is 10.2 Å². The second-order valence-electron chi connectivity index (χ2n) is 13.2. The van der Waals surface area contributed by atoms with Gasteiger partial charge >= 0.3 is 0 Å². The summed E-state index contributed by atoms with van der Waals surface area (Å²) in [7, 11) is 0. The van der Waals surface area contributed by atoms with E-state index in [1.54, 1.807) is 6.20 Å². The Morgan fingerprint density at radius 1 is 1.14 bits per heavy atom. The average Bonchev–Trinajstić information content (AvgIpc) is 3.46. The summed E-state index contributed by atoms with van der Waals surface area (Å²) in [5.74, 6) is 3.42. The van der Waals surface area contributed by atoms with E-state index in [0.717, 1.165) is 55.6 Å². The average molecular weight is 485 g/mol. The van der Waals surface area contributed by atoms with Crippen LogP contribution < -0.4 is 0 Å². The molecule has 1 aromatic rings. The molecule has 35 heavy (non-hydrogen) atoms. The van der Waals surface area contributed by atoms with Gasteiger partial charge in [-0.15, -0.1) is 0 Å². The first kappa shape index (κ1) is 25.5. The summed E-state index contributed by atoms with van der Waals surface area (Å²) >= 11 is 0. The Balaban J connectivity index is 1.25. The molecular weight excluding hydrogens is 436 g/mol. The highest BCUT2D eigenvalue weighted by atomic mass is 16.5. The third-order valence-electron chi connectivity index (χ3n) is 11.2. The number of rotatable bonds is 8. The molecule has 3 N–H and O–H groups in total. The van der Waals surface area contributed by atoms with Crippen molar-refractivity contribution in [2.75, 3.05) is 0 Å². The topological polar surface area (TPSA) is 78.4 Å². The third-order valence-corrected chi connectivity index (χ3v) is 11.2. The van der Waals surface area contributed by atoms with Crippen LogP contribution >= 0.6 is 0 Å². The van der Waals surface area contributed by atoms with Crippen molar-refractivity contribution in [3.63, 3.8) is 0 Å². The van der Waals surface area contributed by atoms with Crippen LogP contribution in [-0.4, -0.2) is 38.7 Å². The lowest BCUT2D eigenvalue weighted by Crippen LogP contribution is -2.54. The first-order valence-electron chi connectivity index (χ1n) is 14.4. The molecule has 9 unspecified atom stereocenters. The van der Waals surface area contributed by atoms with Gasteiger partial charge in [-0.05, 0) is 110 Å². The van der Waals surface area contributed by atoms with Crippen molar-refractivity contribution in [2.24, 2.45) is 40.4 Å². The Labute approximate surface area is 212 Å².